The Labute approximate surface area is 121 Å². The van der Waals surface area contributed by atoms with Crippen molar-refractivity contribution in [3.63, 3.8) is 0 Å². The van der Waals surface area contributed by atoms with Crippen LogP contribution in [0.1, 0.15) is 12.5 Å². The van der Waals surface area contributed by atoms with Crippen LogP contribution in [0.3, 0.4) is 0 Å². The highest BCUT2D eigenvalue weighted by Crippen LogP contribution is 2.35. The van der Waals surface area contributed by atoms with E-state index >= 15 is 0 Å². The third kappa shape index (κ3) is 4.16. The van der Waals surface area contributed by atoms with E-state index in [4.69, 9.17) is 26.3 Å². The van der Waals surface area contributed by atoms with Crippen LogP contribution < -0.4 is 4.74 Å². The van der Waals surface area contributed by atoms with Gasteiger partial charge in [0.15, 0.2) is 11.5 Å². The Bertz CT molecular complexity index is 563. The maximum atomic E-state index is 11.5. The highest BCUT2D eigenvalue weighted by atomic mass is 35.5. The van der Waals surface area contributed by atoms with Crippen molar-refractivity contribution in [2.75, 3.05) is 13.7 Å². The lowest BCUT2D eigenvalue weighted by molar-refractivity contribution is -0.137. The molecule has 0 saturated heterocycles. The summed E-state index contributed by atoms with van der Waals surface area (Å²) in [5.41, 5.74) is 0.287. The molecule has 7 heteroatoms. The maximum absolute atomic E-state index is 11.5. The first-order valence-corrected chi connectivity index (χ1v) is 5.76. The summed E-state index contributed by atoms with van der Waals surface area (Å²) in [7, 11) is 1.37. The summed E-state index contributed by atoms with van der Waals surface area (Å²) in [6.07, 6.45) is 1.31. The van der Waals surface area contributed by atoms with Gasteiger partial charge < -0.3 is 20.1 Å². The number of halogens is 1. The van der Waals surface area contributed by atoms with E-state index in [9.17, 15) is 9.90 Å². The molecule has 6 nitrogen and oxygen atoms in total. The van der Waals surface area contributed by atoms with Crippen LogP contribution in [-0.4, -0.2) is 30.3 Å². The van der Waals surface area contributed by atoms with Crippen LogP contribution in [0.2, 0.25) is 5.02 Å². The second-order valence-electron chi connectivity index (χ2n) is 3.44. The number of rotatable bonds is 4. The standard InChI is InChI=1S/C13H12ClNO4.H2O/c1-3-19-13(17)9(7-15)4-8-5-10(14)12(16)11(6-8)18-2;/h4-6,16H,3H2,1-2H3;1H2/b9-4+;. The van der Waals surface area contributed by atoms with Crippen molar-refractivity contribution in [2.24, 2.45) is 0 Å². The molecule has 0 aromatic heterocycles. The molecular formula is C13H14ClNO5. The Hall–Kier alpha value is -2.23. The smallest absolute Gasteiger partial charge is 0.348 e. The number of phenolic OH excluding ortho intramolecular Hbond substituents is 1. The van der Waals surface area contributed by atoms with Crippen molar-refractivity contribution >= 4 is 23.6 Å². The molecule has 0 aliphatic heterocycles. The molecular weight excluding hydrogens is 286 g/mol. The van der Waals surface area contributed by atoms with Crippen LogP contribution in [0.4, 0.5) is 0 Å². The van der Waals surface area contributed by atoms with Crippen LogP contribution in [0.15, 0.2) is 17.7 Å². The molecule has 0 spiro atoms. The molecule has 0 saturated carbocycles. The summed E-state index contributed by atoms with van der Waals surface area (Å²) in [5, 5.41) is 18.5. The second kappa shape index (κ2) is 8.04. The third-order valence-corrected chi connectivity index (χ3v) is 2.49. The van der Waals surface area contributed by atoms with E-state index in [1.165, 1.54) is 25.3 Å². The van der Waals surface area contributed by atoms with Crippen molar-refractivity contribution < 1.29 is 24.9 Å². The number of benzene rings is 1. The predicted molar refractivity (Wildman–Crippen MR) is 73.5 cm³/mol. The maximum Gasteiger partial charge on any atom is 0.348 e. The quantitative estimate of drug-likeness (QED) is 0.516. The van der Waals surface area contributed by atoms with Crippen LogP contribution in [-0.2, 0) is 9.53 Å². The van der Waals surface area contributed by atoms with Gasteiger partial charge in [-0.05, 0) is 30.7 Å². The van der Waals surface area contributed by atoms with Gasteiger partial charge in [0.25, 0.3) is 0 Å². The summed E-state index contributed by atoms with van der Waals surface area (Å²) < 4.78 is 9.66. The van der Waals surface area contributed by atoms with Gasteiger partial charge >= 0.3 is 5.97 Å². The highest BCUT2D eigenvalue weighted by molar-refractivity contribution is 6.32. The molecule has 0 radical (unpaired) electrons. The van der Waals surface area contributed by atoms with E-state index in [0.29, 0.717) is 5.56 Å². The molecule has 3 N–H and O–H groups in total. The van der Waals surface area contributed by atoms with Gasteiger partial charge in [0.05, 0.1) is 18.7 Å². The van der Waals surface area contributed by atoms with Gasteiger partial charge in [-0.25, -0.2) is 4.79 Å². The average molecular weight is 300 g/mol. The zero-order valence-electron chi connectivity index (χ0n) is 10.9. The van der Waals surface area contributed by atoms with Gasteiger partial charge in [-0.2, -0.15) is 5.26 Å². The van der Waals surface area contributed by atoms with Gasteiger partial charge in [-0.1, -0.05) is 11.6 Å². The average Bonchev–Trinajstić information content (AvgIpc) is 2.39. The Kier molecular flexibility index (Phi) is 7.15. The minimum absolute atomic E-state index is 0. The van der Waals surface area contributed by atoms with E-state index in [1.807, 2.05) is 0 Å². The zero-order valence-corrected chi connectivity index (χ0v) is 11.7. The molecule has 0 amide bonds. The number of hydrogen-bond donors (Lipinski definition) is 1. The van der Waals surface area contributed by atoms with Crippen molar-refractivity contribution in [3.8, 4) is 17.6 Å². The molecule has 1 aromatic carbocycles. The molecule has 0 fully saturated rings. The van der Waals surface area contributed by atoms with E-state index in [0.717, 1.165) is 0 Å². The summed E-state index contributed by atoms with van der Waals surface area (Å²) in [5.74, 6) is -0.760. The lowest BCUT2D eigenvalue weighted by Crippen LogP contribution is -2.06. The largest absolute Gasteiger partial charge is 0.503 e. The Morgan fingerprint density at radius 2 is 2.20 bits per heavy atom. The monoisotopic (exact) mass is 299 g/mol. The molecule has 108 valence electrons. The van der Waals surface area contributed by atoms with E-state index < -0.39 is 5.97 Å². The van der Waals surface area contributed by atoms with Crippen LogP contribution >= 0.6 is 11.6 Å². The fourth-order valence-electron chi connectivity index (χ4n) is 1.35. The number of esters is 1. The van der Waals surface area contributed by atoms with Crippen molar-refractivity contribution in [3.05, 3.63) is 28.3 Å². The number of nitriles is 1. The SMILES string of the molecule is CCOC(=O)/C(C#N)=C/c1cc(Cl)c(O)c(OC)c1.O. The van der Waals surface area contributed by atoms with Crippen molar-refractivity contribution in [1.82, 2.24) is 0 Å². The first-order chi connectivity index (χ1) is 9.03. The molecule has 0 heterocycles. The summed E-state index contributed by atoms with van der Waals surface area (Å²) in [6.45, 7) is 1.82. The van der Waals surface area contributed by atoms with E-state index in [-0.39, 0.29) is 34.2 Å². The Morgan fingerprint density at radius 3 is 2.70 bits per heavy atom. The number of hydrogen-bond acceptors (Lipinski definition) is 5. The van der Waals surface area contributed by atoms with Crippen LogP contribution in [0.25, 0.3) is 6.08 Å². The summed E-state index contributed by atoms with van der Waals surface area (Å²) >= 11 is 5.81. The predicted octanol–water partition coefficient (Wildman–Crippen LogP) is 1.70. The molecule has 0 atom stereocenters. The van der Waals surface area contributed by atoms with Gasteiger partial charge in [0.1, 0.15) is 11.6 Å². The number of ether oxygens (including phenoxy) is 2. The number of aromatic hydroxyl groups is 1. The normalized spacial score (nSPS) is 10.2. The van der Waals surface area contributed by atoms with Gasteiger partial charge in [0.2, 0.25) is 0 Å². The third-order valence-electron chi connectivity index (χ3n) is 2.20. The van der Waals surface area contributed by atoms with E-state index in [1.54, 1.807) is 13.0 Å². The number of nitrogens with zero attached hydrogens (tertiary/aromatic N) is 1. The van der Waals surface area contributed by atoms with Crippen molar-refractivity contribution in [2.45, 2.75) is 6.92 Å². The van der Waals surface area contributed by atoms with Gasteiger partial charge in [-0.3, -0.25) is 0 Å². The lowest BCUT2D eigenvalue weighted by Gasteiger charge is -2.06. The topological polar surface area (TPSA) is 111 Å². The number of phenols is 1. The van der Waals surface area contributed by atoms with E-state index in [2.05, 4.69) is 0 Å². The number of carbonyl (C=O) groups excluding carboxylic acids is 1. The highest BCUT2D eigenvalue weighted by Gasteiger charge is 2.12. The lowest BCUT2D eigenvalue weighted by atomic mass is 10.1. The van der Waals surface area contributed by atoms with Crippen LogP contribution in [0, 0.1) is 11.3 Å². The fraction of sp³-hybridized carbons (Fsp3) is 0.231. The van der Waals surface area contributed by atoms with Gasteiger partial charge in [0, 0.05) is 0 Å². The number of carbonyl (C=O) groups is 1. The zero-order chi connectivity index (χ0) is 14.4. The number of methoxy groups -OCH3 is 1. The summed E-state index contributed by atoms with van der Waals surface area (Å²) in [4.78, 5) is 11.5. The van der Waals surface area contributed by atoms with Gasteiger partial charge in [-0.15, -0.1) is 0 Å². The molecule has 1 rings (SSSR count). The molecule has 0 bridgehead atoms. The Balaban J connectivity index is 0.00000361. The minimum Gasteiger partial charge on any atom is -0.503 e. The molecule has 1 aromatic rings. The summed E-state index contributed by atoms with van der Waals surface area (Å²) in [6, 6.07) is 4.62. The minimum atomic E-state index is -0.715. The Morgan fingerprint density at radius 1 is 1.55 bits per heavy atom. The fourth-order valence-corrected chi connectivity index (χ4v) is 1.56. The second-order valence-corrected chi connectivity index (χ2v) is 3.85. The molecule has 0 unspecified atom stereocenters. The first kappa shape index (κ1) is 17.8. The van der Waals surface area contributed by atoms with Crippen LogP contribution in [0.5, 0.6) is 11.5 Å². The molecule has 20 heavy (non-hydrogen) atoms. The molecule has 0 aliphatic rings. The van der Waals surface area contributed by atoms with Crippen molar-refractivity contribution in [1.29, 1.82) is 5.26 Å². The first-order valence-electron chi connectivity index (χ1n) is 5.38. The molecule has 0 aliphatic carbocycles.